The van der Waals surface area contributed by atoms with Crippen molar-refractivity contribution in [3.8, 4) is 0 Å². The van der Waals surface area contributed by atoms with Crippen LogP contribution in [0.2, 0.25) is 0 Å². The first-order valence-corrected chi connectivity index (χ1v) is 5.64. The molecule has 0 aromatic rings. The molecule has 1 atom stereocenters. The van der Waals surface area contributed by atoms with Crippen LogP contribution >= 0.6 is 0 Å². The second kappa shape index (κ2) is 5.14. The zero-order valence-corrected chi connectivity index (χ0v) is 10.2. The molecule has 0 aliphatic carbocycles. The summed E-state index contributed by atoms with van der Waals surface area (Å²) in [5, 5.41) is 2.77. The zero-order valence-electron chi connectivity index (χ0n) is 10.2. The Morgan fingerprint density at radius 3 is 2.69 bits per heavy atom. The Bertz CT molecular complexity index is 310. The highest BCUT2D eigenvalue weighted by molar-refractivity contribution is 5.90. The summed E-state index contributed by atoms with van der Waals surface area (Å²) in [7, 11) is 0. The summed E-state index contributed by atoms with van der Waals surface area (Å²) in [4.78, 5) is 25.3. The van der Waals surface area contributed by atoms with Crippen LogP contribution in [0.3, 0.4) is 0 Å². The van der Waals surface area contributed by atoms with E-state index in [1.54, 1.807) is 4.90 Å². The van der Waals surface area contributed by atoms with Crippen molar-refractivity contribution in [3.05, 3.63) is 12.2 Å². The number of carbonyl (C=O) groups excluding carboxylic acids is 2. The first-order valence-electron chi connectivity index (χ1n) is 5.64. The van der Waals surface area contributed by atoms with Gasteiger partial charge in [-0.15, -0.1) is 0 Å². The van der Waals surface area contributed by atoms with Gasteiger partial charge < -0.3 is 10.2 Å². The number of hydrogen-bond acceptors (Lipinski definition) is 2. The SMILES string of the molecule is C=C(C)CN1CCC(=O)NC(C(C)C)C1=O. The second-order valence-electron chi connectivity index (χ2n) is 4.76. The molecule has 0 aromatic heterocycles. The zero-order chi connectivity index (χ0) is 12.3. The molecule has 0 bridgehead atoms. The fraction of sp³-hybridized carbons (Fsp3) is 0.667. The maximum Gasteiger partial charge on any atom is 0.245 e. The number of amides is 2. The molecule has 0 radical (unpaired) electrons. The lowest BCUT2D eigenvalue weighted by Crippen LogP contribution is -2.48. The molecule has 4 nitrogen and oxygen atoms in total. The van der Waals surface area contributed by atoms with Crippen molar-refractivity contribution >= 4 is 11.8 Å². The maximum absolute atomic E-state index is 12.1. The third kappa shape index (κ3) is 3.08. The van der Waals surface area contributed by atoms with E-state index in [-0.39, 0.29) is 17.7 Å². The quantitative estimate of drug-likeness (QED) is 0.725. The van der Waals surface area contributed by atoms with E-state index >= 15 is 0 Å². The number of carbonyl (C=O) groups is 2. The molecule has 2 amide bonds. The molecule has 1 aliphatic heterocycles. The lowest BCUT2D eigenvalue weighted by molar-refractivity contribution is -0.134. The lowest BCUT2D eigenvalue weighted by Gasteiger charge is -2.26. The third-order valence-corrected chi connectivity index (χ3v) is 2.63. The van der Waals surface area contributed by atoms with Crippen molar-refractivity contribution in [2.75, 3.05) is 13.1 Å². The number of nitrogens with one attached hydrogen (secondary N) is 1. The molecule has 1 N–H and O–H groups in total. The van der Waals surface area contributed by atoms with Gasteiger partial charge in [0.25, 0.3) is 0 Å². The molecule has 0 saturated carbocycles. The van der Waals surface area contributed by atoms with Crippen molar-refractivity contribution < 1.29 is 9.59 Å². The summed E-state index contributed by atoms with van der Waals surface area (Å²) >= 11 is 0. The first kappa shape index (κ1) is 12.7. The monoisotopic (exact) mass is 224 g/mol. The Morgan fingerprint density at radius 1 is 1.56 bits per heavy atom. The predicted molar refractivity (Wildman–Crippen MR) is 62.8 cm³/mol. The number of nitrogens with zero attached hydrogens (tertiary/aromatic N) is 1. The van der Waals surface area contributed by atoms with Gasteiger partial charge in [-0.25, -0.2) is 0 Å². The summed E-state index contributed by atoms with van der Waals surface area (Å²) in [6, 6.07) is -0.394. The normalized spacial score (nSPS) is 22.0. The average Bonchev–Trinajstić information content (AvgIpc) is 2.30. The standard InChI is InChI=1S/C12H20N2O2/c1-8(2)7-14-6-5-10(15)13-11(9(3)4)12(14)16/h9,11H,1,5-7H2,2-4H3,(H,13,15). The van der Waals surface area contributed by atoms with Crippen molar-refractivity contribution in [2.45, 2.75) is 33.2 Å². The van der Waals surface area contributed by atoms with Crippen LogP contribution in [0.1, 0.15) is 27.2 Å². The van der Waals surface area contributed by atoms with Crippen LogP contribution in [0.4, 0.5) is 0 Å². The van der Waals surface area contributed by atoms with Gasteiger partial charge in [-0.05, 0) is 12.8 Å². The summed E-state index contributed by atoms with van der Waals surface area (Å²) in [5.41, 5.74) is 0.935. The van der Waals surface area contributed by atoms with Crippen molar-refractivity contribution in [3.63, 3.8) is 0 Å². The molecule has 4 heteroatoms. The fourth-order valence-corrected chi connectivity index (χ4v) is 1.79. The molecule has 90 valence electrons. The number of hydrogen-bond donors (Lipinski definition) is 1. The summed E-state index contributed by atoms with van der Waals surface area (Å²) < 4.78 is 0. The van der Waals surface area contributed by atoms with Gasteiger partial charge in [-0.3, -0.25) is 9.59 Å². The van der Waals surface area contributed by atoms with Gasteiger partial charge in [0.2, 0.25) is 11.8 Å². The van der Waals surface area contributed by atoms with E-state index in [9.17, 15) is 9.59 Å². The van der Waals surface area contributed by atoms with Gasteiger partial charge in [0.1, 0.15) is 6.04 Å². The van der Waals surface area contributed by atoms with E-state index in [0.717, 1.165) is 5.57 Å². The smallest absolute Gasteiger partial charge is 0.245 e. The Morgan fingerprint density at radius 2 is 2.19 bits per heavy atom. The molecule has 0 aromatic carbocycles. The third-order valence-electron chi connectivity index (χ3n) is 2.63. The van der Waals surface area contributed by atoms with Gasteiger partial charge >= 0.3 is 0 Å². The Kier molecular flexibility index (Phi) is 4.10. The van der Waals surface area contributed by atoms with Crippen LogP contribution in [0.5, 0.6) is 0 Å². The Labute approximate surface area is 96.7 Å². The second-order valence-corrected chi connectivity index (χ2v) is 4.76. The average molecular weight is 224 g/mol. The van der Waals surface area contributed by atoms with Gasteiger partial charge in [-0.1, -0.05) is 26.0 Å². The fourth-order valence-electron chi connectivity index (χ4n) is 1.79. The van der Waals surface area contributed by atoms with Crippen LogP contribution in [-0.2, 0) is 9.59 Å². The molecular formula is C12H20N2O2. The first-order chi connectivity index (χ1) is 7.41. The summed E-state index contributed by atoms with van der Waals surface area (Å²) in [5.74, 6) is 0.0716. The minimum Gasteiger partial charge on any atom is -0.344 e. The maximum atomic E-state index is 12.1. The molecule has 1 rings (SSSR count). The highest BCUT2D eigenvalue weighted by Gasteiger charge is 2.31. The van der Waals surface area contributed by atoms with Crippen molar-refractivity contribution in [2.24, 2.45) is 5.92 Å². The van der Waals surface area contributed by atoms with E-state index in [2.05, 4.69) is 11.9 Å². The molecule has 1 unspecified atom stereocenters. The highest BCUT2D eigenvalue weighted by atomic mass is 16.2. The minimum absolute atomic E-state index is 0.00356. The molecule has 1 heterocycles. The van der Waals surface area contributed by atoms with Crippen LogP contribution in [0, 0.1) is 5.92 Å². The predicted octanol–water partition coefficient (Wildman–Crippen LogP) is 0.936. The molecule has 1 aliphatic rings. The lowest BCUT2D eigenvalue weighted by atomic mass is 10.0. The number of rotatable bonds is 3. The summed E-state index contributed by atoms with van der Waals surface area (Å²) in [6.45, 7) is 10.6. The van der Waals surface area contributed by atoms with Gasteiger partial charge in [-0.2, -0.15) is 0 Å². The highest BCUT2D eigenvalue weighted by Crippen LogP contribution is 2.12. The van der Waals surface area contributed by atoms with Crippen LogP contribution in [0.25, 0.3) is 0 Å². The van der Waals surface area contributed by atoms with E-state index in [4.69, 9.17) is 0 Å². The van der Waals surface area contributed by atoms with E-state index in [1.807, 2.05) is 20.8 Å². The molecule has 1 fully saturated rings. The molecule has 16 heavy (non-hydrogen) atoms. The van der Waals surface area contributed by atoms with Gasteiger partial charge in [0.05, 0.1) is 0 Å². The van der Waals surface area contributed by atoms with Crippen LogP contribution in [-0.4, -0.2) is 35.8 Å². The topological polar surface area (TPSA) is 49.4 Å². The van der Waals surface area contributed by atoms with Gasteiger partial charge in [0, 0.05) is 19.5 Å². The summed E-state index contributed by atoms with van der Waals surface area (Å²) in [6.07, 6.45) is 0.377. The largest absolute Gasteiger partial charge is 0.344 e. The van der Waals surface area contributed by atoms with Crippen LogP contribution < -0.4 is 5.32 Å². The molecule has 0 spiro atoms. The molecular weight excluding hydrogens is 204 g/mol. The van der Waals surface area contributed by atoms with Gasteiger partial charge in [0.15, 0.2) is 0 Å². The Hall–Kier alpha value is -1.32. The van der Waals surface area contributed by atoms with E-state index < -0.39 is 6.04 Å². The minimum atomic E-state index is -0.394. The Balaban J connectivity index is 2.82. The van der Waals surface area contributed by atoms with E-state index in [1.165, 1.54) is 0 Å². The van der Waals surface area contributed by atoms with Crippen molar-refractivity contribution in [1.29, 1.82) is 0 Å². The van der Waals surface area contributed by atoms with Crippen molar-refractivity contribution in [1.82, 2.24) is 10.2 Å². The van der Waals surface area contributed by atoms with E-state index in [0.29, 0.717) is 19.5 Å². The van der Waals surface area contributed by atoms with Crippen LogP contribution in [0.15, 0.2) is 12.2 Å². The molecule has 1 saturated heterocycles.